The molecule has 0 unspecified atom stereocenters. The number of nitrogens with zero attached hydrogens (tertiary/aromatic N) is 3. The normalized spacial score (nSPS) is 10.6. The van der Waals surface area contributed by atoms with E-state index < -0.39 is 0 Å². The number of imidazole rings is 1. The van der Waals surface area contributed by atoms with Gasteiger partial charge in [0.15, 0.2) is 5.65 Å². The molecule has 0 fully saturated rings. The summed E-state index contributed by atoms with van der Waals surface area (Å²) in [6.45, 7) is 1.69. The van der Waals surface area contributed by atoms with Crippen LogP contribution in [-0.4, -0.2) is 14.4 Å². The smallest absolute Gasteiger partial charge is 0.154 e. The molecular weight excluding hydrogens is 142 g/mol. The molecule has 0 saturated heterocycles. The van der Waals surface area contributed by atoms with Crippen LogP contribution in [0.3, 0.4) is 0 Å². The Kier molecular flexibility index (Phi) is 1.09. The summed E-state index contributed by atoms with van der Waals surface area (Å²) in [6, 6.07) is 0. The number of aromatic nitrogens is 3. The zero-order chi connectivity index (χ0) is 7.84. The van der Waals surface area contributed by atoms with Crippen LogP contribution in [0, 0.1) is 6.92 Å². The highest BCUT2D eigenvalue weighted by Crippen LogP contribution is 2.12. The van der Waals surface area contributed by atoms with Crippen molar-refractivity contribution in [3.05, 3.63) is 24.3 Å². The van der Waals surface area contributed by atoms with Gasteiger partial charge in [-0.1, -0.05) is 0 Å². The van der Waals surface area contributed by atoms with Crippen LogP contribution in [-0.2, 0) is 0 Å². The average molecular weight is 148 g/mol. The SMILES string of the molecule is Cc1nc2cnccn2c1[O-]. The molecule has 4 heteroatoms. The van der Waals surface area contributed by atoms with E-state index in [0.29, 0.717) is 11.3 Å². The standard InChI is InChI=1S/C7H7N3O/c1-5-7(11)10-3-2-8-4-6(10)9-5/h2-4,11H,1H3/p-1. The summed E-state index contributed by atoms with van der Waals surface area (Å²) in [5, 5.41) is 11.2. The Morgan fingerprint density at radius 2 is 2.36 bits per heavy atom. The van der Waals surface area contributed by atoms with Crippen LogP contribution < -0.4 is 5.11 Å². The molecule has 11 heavy (non-hydrogen) atoms. The molecule has 0 bridgehead atoms. The molecular formula is C7H6N3O-. The highest BCUT2D eigenvalue weighted by molar-refractivity contribution is 5.41. The Morgan fingerprint density at radius 1 is 1.55 bits per heavy atom. The number of hydrogen-bond donors (Lipinski definition) is 0. The van der Waals surface area contributed by atoms with Gasteiger partial charge in [0.05, 0.1) is 6.20 Å². The van der Waals surface area contributed by atoms with Crippen molar-refractivity contribution in [1.82, 2.24) is 14.4 Å². The van der Waals surface area contributed by atoms with Gasteiger partial charge in [0.25, 0.3) is 0 Å². The summed E-state index contributed by atoms with van der Waals surface area (Å²) < 4.78 is 1.47. The molecule has 0 aliphatic heterocycles. The fourth-order valence-corrected chi connectivity index (χ4v) is 1.00. The van der Waals surface area contributed by atoms with Crippen molar-refractivity contribution >= 4 is 5.65 Å². The minimum atomic E-state index is -0.0672. The molecule has 0 N–H and O–H groups in total. The van der Waals surface area contributed by atoms with Crippen LogP contribution in [0.5, 0.6) is 5.88 Å². The molecule has 0 amide bonds. The zero-order valence-electron chi connectivity index (χ0n) is 5.98. The van der Waals surface area contributed by atoms with Crippen molar-refractivity contribution in [1.29, 1.82) is 0 Å². The van der Waals surface area contributed by atoms with Crippen molar-refractivity contribution in [2.24, 2.45) is 0 Å². The molecule has 2 aromatic heterocycles. The van der Waals surface area contributed by atoms with Gasteiger partial charge in [0.2, 0.25) is 0 Å². The van der Waals surface area contributed by atoms with Gasteiger partial charge in [-0.15, -0.1) is 0 Å². The predicted octanol–water partition coefficient (Wildman–Crippen LogP) is 0.111. The maximum Gasteiger partial charge on any atom is 0.154 e. The predicted molar refractivity (Wildman–Crippen MR) is 37.2 cm³/mol. The van der Waals surface area contributed by atoms with Crippen LogP contribution in [0.4, 0.5) is 0 Å². The van der Waals surface area contributed by atoms with Gasteiger partial charge in [0.1, 0.15) is 0 Å². The van der Waals surface area contributed by atoms with E-state index in [4.69, 9.17) is 0 Å². The largest absolute Gasteiger partial charge is 0.858 e. The molecule has 0 atom stereocenters. The van der Waals surface area contributed by atoms with Gasteiger partial charge in [0, 0.05) is 18.1 Å². The van der Waals surface area contributed by atoms with Crippen LogP contribution in [0.25, 0.3) is 5.65 Å². The number of aryl methyl sites for hydroxylation is 1. The molecule has 4 nitrogen and oxygen atoms in total. The lowest BCUT2D eigenvalue weighted by atomic mass is 10.5. The minimum Gasteiger partial charge on any atom is -0.858 e. The number of fused-ring (bicyclic) bond motifs is 1. The van der Waals surface area contributed by atoms with Crippen LogP contribution >= 0.6 is 0 Å². The monoisotopic (exact) mass is 148 g/mol. The first-order valence-electron chi connectivity index (χ1n) is 3.25. The molecule has 2 heterocycles. The van der Waals surface area contributed by atoms with Crippen molar-refractivity contribution in [3.8, 4) is 5.88 Å². The van der Waals surface area contributed by atoms with Crippen molar-refractivity contribution in [2.75, 3.05) is 0 Å². The third kappa shape index (κ3) is 0.756. The fourth-order valence-electron chi connectivity index (χ4n) is 1.00. The lowest BCUT2D eigenvalue weighted by Crippen LogP contribution is -1.96. The fraction of sp³-hybridized carbons (Fsp3) is 0.143. The first kappa shape index (κ1) is 6.15. The maximum atomic E-state index is 11.2. The molecule has 0 aliphatic carbocycles. The topological polar surface area (TPSA) is 53.2 Å². The quantitative estimate of drug-likeness (QED) is 0.532. The van der Waals surface area contributed by atoms with Crippen molar-refractivity contribution in [2.45, 2.75) is 6.92 Å². The lowest BCUT2D eigenvalue weighted by molar-refractivity contribution is -0.277. The molecule has 0 aromatic carbocycles. The molecule has 2 aromatic rings. The van der Waals surface area contributed by atoms with E-state index in [0.717, 1.165) is 0 Å². The Balaban J connectivity index is 2.92. The Morgan fingerprint density at radius 3 is 3.09 bits per heavy atom. The van der Waals surface area contributed by atoms with Gasteiger partial charge in [-0.05, 0) is 12.8 Å². The molecule has 0 saturated carbocycles. The molecule has 2 rings (SSSR count). The summed E-state index contributed by atoms with van der Waals surface area (Å²) in [5.74, 6) is -0.0672. The van der Waals surface area contributed by atoms with Gasteiger partial charge < -0.3 is 9.51 Å². The van der Waals surface area contributed by atoms with Crippen molar-refractivity contribution in [3.63, 3.8) is 0 Å². The van der Waals surface area contributed by atoms with Gasteiger partial charge in [-0.2, -0.15) is 0 Å². The summed E-state index contributed by atoms with van der Waals surface area (Å²) in [6.07, 6.45) is 4.74. The van der Waals surface area contributed by atoms with Crippen LogP contribution in [0.2, 0.25) is 0 Å². The minimum absolute atomic E-state index is 0.0672. The first-order valence-corrected chi connectivity index (χ1v) is 3.25. The molecule has 56 valence electrons. The summed E-state index contributed by atoms with van der Waals surface area (Å²) in [5.41, 5.74) is 1.12. The van der Waals surface area contributed by atoms with E-state index >= 15 is 0 Å². The van der Waals surface area contributed by atoms with Crippen molar-refractivity contribution < 1.29 is 5.11 Å². The Labute approximate surface area is 63.1 Å². The summed E-state index contributed by atoms with van der Waals surface area (Å²) in [7, 11) is 0. The van der Waals surface area contributed by atoms with E-state index in [9.17, 15) is 5.11 Å². The molecule has 0 aliphatic rings. The maximum absolute atomic E-state index is 11.2. The number of hydrogen-bond acceptors (Lipinski definition) is 3. The van der Waals surface area contributed by atoms with Crippen LogP contribution in [0.15, 0.2) is 18.6 Å². The third-order valence-corrected chi connectivity index (χ3v) is 1.55. The third-order valence-electron chi connectivity index (χ3n) is 1.55. The van der Waals surface area contributed by atoms with Gasteiger partial charge in [-0.3, -0.25) is 4.98 Å². The van der Waals surface area contributed by atoms with E-state index in [1.807, 2.05) is 0 Å². The second-order valence-corrected chi connectivity index (χ2v) is 2.31. The van der Waals surface area contributed by atoms with Gasteiger partial charge in [-0.25, -0.2) is 4.98 Å². The Bertz CT molecular complexity index is 393. The molecule has 0 spiro atoms. The second kappa shape index (κ2) is 1.95. The van der Waals surface area contributed by atoms with E-state index in [-0.39, 0.29) is 5.88 Å². The first-order chi connectivity index (χ1) is 5.29. The average Bonchev–Trinajstić information content (AvgIpc) is 2.30. The zero-order valence-corrected chi connectivity index (χ0v) is 5.98. The lowest BCUT2D eigenvalue weighted by Gasteiger charge is -2.03. The van der Waals surface area contributed by atoms with E-state index in [1.54, 1.807) is 25.5 Å². The summed E-state index contributed by atoms with van der Waals surface area (Å²) >= 11 is 0. The second-order valence-electron chi connectivity index (χ2n) is 2.31. The van der Waals surface area contributed by atoms with E-state index in [2.05, 4.69) is 9.97 Å². The highest BCUT2D eigenvalue weighted by atomic mass is 16.3. The number of rotatable bonds is 0. The van der Waals surface area contributed by atoms with Crippen LogP contribution in [0.1, 0.15) is 5.69 Å². The van der Waals surface area contributed by atoms with E-state index in [1.165, 1.54) is 4.40 Å². The Hall–Kier alpha value is -1.58. The highest BCUT2D eigenvalue weighted by Gasteiger charge is 1.97. The summed E-state index contributed by atoms with van der Waals surface area (Å²) in [4.78, 5) is 7.85. The van der Waals surface area contributed by atoms with Gasteiger partial charge >= 0.3 is 0 Å². The molecule has 0 radical (unpaired) electrons.